The molecule has 3 N–H and O–H groups in total. The summed E-state index contributed by atoms with van der Waals surface area (Å²) in [4.78, 5) is 30.9. The van der Waals surface area contributed by atoms with Crippen molar-refractivity contribution in [3.05, 3.63) is 35.2 Å². The van der Waals surface area contributed by atoms with Gasteiger partial charge in [0.25, 0.3) is 0 Å². The average molecular weight is 425 g/mol. The Morgan fingerprint density at radius 3 is 2.71 bits per heavy atom. The largest absolute Gasteiger partial charge is 0.456 e. The topological polar surface area (TPSA) is 135 Å². The van der Waals surface area contributed by atoms with Crippen molar-refractivity contribution in [2.75, 3.05) is 18.2 Å². The van der Waals surface area contributed by atoms with E-state index in [1.807, 2.05) is 6.07 Å². The summed E-state index contributed by atoms with van der Waals surface area (Å²) in [6, 6.07) is 3.97. The Kier molecular flexibility index (Phi) is 5.81. The van der Waals surface area contributed by atoms with Crippen LogP contribution in [0.25, 0.3) is 0 Å². The molecule has 2 fully saturated rings. The van der Waals surface area contributed by atoms with Crippen LogP contribution in [0.1, 0.15) is 44.6 Å². The number of pyridine rings is 1. The quantitative estimate of drug-likeness (QED) is 0.202. The molecule has 1 aromatic rings. The predicted octanol–water partition coefficient (Wildman–Crippen LogP) is 2.52. The summed E-state index contributed by atoms with van der Waals surface area (Å²) in [5.74, 6) is 0.255. The van der Waals surface area contributed by atoms with Gasteiger partial charge in [-0.05, 0) is 50.7 Å². The van der Waals surface area contributed by atoms with Gasteiger partial charge in [-0.3, -0.25) is 10.2 Å². The first-order valence-electron chi connectivity index (χ1n) is 10.5. The van der Waals surface area contributed by atoms with Crippen molar-refractivity contribution in [3.63, 3.8) is 0 Å². The molecule has 2 aliphatic heterocycles. The van der Waals surface area contributed by atoms with Crippen LogP contribution in [-0.2, 0) is 20.9 Å². The van der Waals surface area contributed by atoms with E-state index in [9.17, 15) is 9.59 Å². The number of aromatic nitrogens is 1. The number of carbonyl (C=O) groups excluding carboxylic acids is 2. The summed E-state index contributed by atoms with van der Waals surface area (Å²) in [6.07, 6.45) is 7.03. The average Bonchev–Trinajstić information content (AvgIpc) is 3.28. The Labute approximate surface area is 180 Å². The van der Waals surface area contributed by atoms with E-state index in [1.54, 1.807) is 24.1 Å². The monoisotopic (exact) mass is 425 g/mol. The van der Waals surface area contributed by atoms with Crippen LogP contribution in [-0.4, -0.2) is 47.3 Å². The van der Waals surface area contributed by atoms with Gasteiger partial charge in [0.1, 0.15) is 12.9 Å². The molecule has 164 valence electrons. The van der Waals surface area contributed by atoms with Gasteiger partial charge >= 0.3 is 5.97 Å². The summed E-state index contributed by atoms with van der Waals surface area (Å²) >= 11 is 0. The number of likely N-dealkylation sites (tertiary alicyclic amines) is 1. The molecular weight excluding hydrogens is 398 g/mol. The highest BCUT2D eigenvalue weighted by molar-refractivity contribution is 5.94. The SMILES string of the molecule is CC1=C(N2CC[C@]3(CC[C@@H](NCc4ccc(N(C=N)N=N)nc4)CC3)C2=O)COC1=O. The molecule has 0 unspecified atom stereocenters. The zero-order valence-corrected chi connectivity index (χ0v) is 17.6. The van der Waals surface area contributed by atoms with Crippen LogP contribution in [0.15, 0.2) is 34.8 Å². The number of ether oxygens (including phenoxy) is 1. The summed E-state index contributed by atoms with van der Waals surface area (Å²) in [5, 5.41) is 15.1. The van der Waals surface area contributed by atoms with Gasteiger partial charge in [-0.2, -0.15) is 10.5 Å². The summed E-state index contributed by atoms with van der Waals surface area (Å²) in [7, 11) is 0. The molecule has 0 bridgehead atoms. The lowest BCUT2D eigenvalue weighted by molar-refractivity contribution is -0.138. The molecule has 0 aromatic carbocycles. The van der Waals surface area contributed by atoms with Crippen molar-refractivity contribution in [1.82, 2.24) is 15.2 Å². The van der Waals surface area contributed by atoms with Gasteiger partial charge in [-0.1, -0.05) is 11.3 Å². The van der Waals surface area contributed by atoms with Gasteiger partial charge in [0.15, 0.2) is 5.82 Å². The number of rotatable bonds is 7. The number of amides is 1. The van der Waals surface area contributed by atoms with Crippen molar-refractivity contribution in [1.29, 1.82) is 10.9 Å². The second-order valence-corrected chi connectivity index (χ2v) is 8.39. The Morgan fingerprint density at radius 1 is 1.35 bits per heavy atom. The Hall–Kier alpha value is -3.14. The van der Waals surface area contributed by atoms with Gasteiger partial charge in [0.2, 0.25) is 5.91 Å². The van der Waals surface area contributed by atoms with Crippen LogP contribution in [0.2, 0.25) is 0 Å². The fraction of sp³-hybridized carbons (Fsp3) is 0.524. The number of hydrogen-bond acceptors (Lipinski definition) is 8. The molecule has 1 saturated heterocycles. The molecular formula is C21H27N7O3. The molecule has 1 saturated carbocycles. The second-order valence-electron chi connectivity index (χ2n) is 8.39. The number of hydrogen-bond donors (Lipinski definition) is 3. The van der Waals surface area contributed by atoms with Crippen molar-refractivity contribution >= 4 is 24.0 Å². The van der Waals surface area contributed by atoms with Crippen LogP contribution in [0.4, 0.5) is 5.82 Å². The van der Waals surface area contributed by atoms with E-state index in [1.165, 1.54) is 0 Å². The molecule has 3 aliphatic rings. The first-order valence-corrected chi connectivity index (χ1v) is 10.5. The van der Waals surface area contributed by atoms with Gasteiger partial charge < -0.3 is 15.0 Å². The third kappa shape index (κ3) is 3.95. The smallest absolute Gasteiger partial charge is 0.336 e. The summed E-state index contributed by atoms with van der Waals surface area (Å²) in [6.45, 7) is 3.27. The minimum atomic E-state index is -0.321. The minimum Gasteiger partial charge on any atom is -0.456 e. The molecule has 4 rings (SSSR count). The molecule has 1 spiro atoms. The van der Waals surface area contributed by atoms with E-state index in [2.05, 4.69) is 15.5 Å². The van der Waals surface area contributed by atoms with Crippen LogP contribution < -0.4 is 10.3 Å². The molecule has 1 aliphatic carbocycles. The van der Waals surface area contributed by atoms with E-state index in [4.69, 9.17) is 15.7 Å². The van der Waals surface area contributed by atoms with Crippen molar-refractivity contribution < 1.29 is 14.3 Å². The first kappa shape index (κ1) is 21.1. The summed E-state index contributed by atoms with van der Waals surface area (Å²) < 4.78 is 5.09. The maximum Gasteiger partial charge on any atom is 0.336 e. The summed E-state index contributed by atoms with van der Waals surface area (Å²) in [5.41, 5.74) is 9.02. The van der Waals surface area contributed by atoms with E-state index >= 15 is 0 Å². The molecule has 1 amide bonds. The fourth-order valence-electron chi connectivity index (χ4n) is 4.73. The molecule has 0 radical (unpaired) electrons. The normalized spacial score (nSPS) is 25.8. The second kappa shape index (κ2) is 8.54. The standard InChI is InChI=1S/C21H27N7O3/c1-14-17(12-31-19(14)29)27-9-8-21(20(27)30)6-4-16(5-7-21)24-10-15-2-3-18(25-11-15)28(13-22)26-23/h2-3,11,13,16,22-24H,4-10,12H2,1H3/t16-,21-. The van der Waals surface area contributed by atoms with Crippen LogP contribution in [0.3, 0.4) is 0 Å². The third-order valence-electron chi connectivity index (χ3n) is 6.73. The van der Waals surface area contributed by atoms with Gasteiger partial charge in [-0.15, -0.1) is 0 Å². The third-order valence-corrected chi connectivity index (χ3v) is 6.73. The molecule has 1 aromatic heterocycles. The maximum atomic E-state index is 13.2. The highest BCUT2D eigenvalue weighted by Crippen LogP contribution is 2.46. The van der Waals surface area contributed by atoms with Crippen molar-refractivity contribution in [2.24, 2.45) is 10.6 Å². The van der Waals surface area contributed by atoms with Gasteiger partial charge in [0.05, 0.1) is 16.7 Å². The van der Waals surface area contributed by atoms with E-state index < -0.39 is 0 Å². The van der Waals surface area contributed by atoms with Crippen molar-refractivity contribution in [3.8, 4) is 0 Å². The highest BCUT2D eigenvalue weighted by atomic mass is 16.5. The number of nitrogens with one attached hydrogen (secondary N) is 3. The maximum absolute atomic E-state index is 13.2. The molecule has 10 heteroatoms. The minimum absolute atomic E-state index is 0.147. The van der Waals surface area contributed by atoms with E-state index in [0.717, 1.165) is 54.7 Å². The predicted molar refractivity (Wildman–Crippen MR) is 112 cm³/mol. The molecule has 31 heavy (non-hydrogen) atoms. The lowest BCUT2D eigenvalue weighted by atomic mass is 9.71. The number of anilines is 1. The molecule has 10 nitrogen and oxygen atoms in total. The zero-order valence-electron chi connectivity index (χ0n) is 17.6. The first-order chi connectivity index (χ1) is 15.0. The Bertz CT molecular complexity index is 911. The van der Waals surface area contributed by atoms with Crippen LogP contribution in [0.5, 0.6) is 0 Å². The highest BCUT2D eigenvalue weighted by Gasteiger charge is 2.50. The lowest BCUT2D eigenvalue weighted by Crippen LogP contribution is -2.42. The van der Waals surface area contributed by atoms with Crippen molar-refractivity contribution in [2.45, 2.75) is 51.6 Å². The van der Waals surface area contributed by atoms with Crippen LogP contribution in [0, 0.1) is 16.4 Å². The molecule has 3 heterocycles. The number of nitrogens with zero attached hydrogens (tertiary/aromatic N) is 4. The molecule has 0 atom stereocenters. The van der Waals surface area contributed by atoms with Crippen LogP contribution >= 0.6 is 0 Å². The zero-order chi connectivity index (χ0) is 22.0. The van der Waals surface area contributed by atoms with Gasteiger partial charge in [0, 0.05) is 25.3 Å². The number of cyclic esters (lactones) is 1. The number of carbonyl (C=O) groups is 2. The fourth-order valence-corrected chi connectivity index (χ4v) is 4.73. The lowest BCUT2D eigenvalue weighted by Gasteiger charge is -2.36. The van der Waals surface area contributed by atoms with E-state index in [0.29, 0.717) is 30.5 Å². The van der Waals surface area contributed by atoms with E-state index in [-0.39, 0.29) is 23.9 Å². The van der Waals surface area contributed by atoms with Gasteiger partial charge in [-0.25, -0.2) is 9.78 Å². The Morgan fingerprint density at radius 2 is 2.13 bits per heavy atom. The number of esters is 1. The Balaban J connectivity index is 1.30.